The van der Waals surface area contributed by atoms with Crippen LogP contribution in [0.4, 0.5) is 10.1 Å². The van der Waals surface area contributed by atoms with Gasteiger partial charge in [0.2, 0.25) is 5.89 Å². The van der Waals surface area contributed by atoms with Crippen LogP contribution in [-0.4, -0.2) is 16.8 Å². The van der Waals surface area contributed by atoms with E-state index in [1.807, 2.05) is 6.07 Å². The lowest BCUT2D eigenvalue weighted by Gasteiger charge is -2.10. The molecule has 0 fully saturated rings. The minimum atomic E-state index is -0.422. The maximum Gasteiger partial charge on any atom is 0.291 e. The molecule has 0 bridgehead atoms. The number of halogens is 1. The van der Waals surface area contributed by atoms with Crippen LogP contribution in [0.2, 0.25) is 0 Å². The average molecular weight is 481 g/mol. The van der Waals surface area contributed by atoms with Crippen LogP contribution in [0.1, 0.15) is 26.5 Å². The summed E-state index contributed by atoms with van der Waals surface area (Å²) in [5.41, 5.74) is 2.50. The van der Waals surface area contributed by atoms with E-state index in [0.29, 0.717) is 16.8 Å². The third-order valence-corrected chi connectivity index (χ3v) is 5.43. The van der Waals surface area contributed by atoms with Crippen molar-refractivity contribution in [3.05, 3.63) is 120 Å². The fraction of sp³-hybridized carbons (Fsp3) is 0.0357. The van der Waals surface area contributed by atoms with Crippen molar-refractivity contribution in [2.24, 2.45) is 0 Å². The number of carbonyl (C=O) groups is 2. The Kier molecular flexibility index (Phi) is 6.40. The van der Waals surface area contributed by atoms with E-state index in [1.54, 1.807) is 72.8 Å². The first-order valence-electron chi connectivity index (χ1n) is 11.1. The number of nitrogens with one attached hydrogen (secondary N) is 2. The van der Waals surface area contributed by atoms with Crippen LogP contribution in [0, 0.1) is 5.82 Å². The van der Waals surface area contributed by atoms with E-state index in [4.69, 9.17) is 8.83 Å². The second kappa shape index (κ2) is 10.1. The lowest BCUT2D eigenvalue weighted by molar-refractivity contribution is 0.0950. The molecule has 3 aromatic carbocycles. The summed E-state index contributed by atoms with van der Waals surface area (Å²) in [6.07, 6.45) is 2.86. The van der Waals surface area contributed by atoms with E-state index in [1.165, 1.54) is 18.5 Å². The zero-order chi connectivity index (χ0) is 24.9. The molecule has 5 rings (SSSR count). The van der Waals surface area contributed by atoms with Crippen molar-refractivity contribution in [3.8, 4) is 22.8 Å². The minimum absolute atomic E-state index is 0.204. The summed E-state index contributed by atoms with van der Waals surface area (Å²) in [5, 5.41) is 5.64. The van der Waals surface area contributed by atoms with Crippen LogP contribution in [0.25, 0.3) is 22.8 Å². The SMILES string of the molecule is O=C(Nc1cccc(CNC(=O)c2ccccc2-c2ncc(-c3ccccc3F)o2)c1)c1ccco1. The molecule has 178 valence electrons. The molecular formula is C28H20FN3O4. The first kappa shape index (κ1) is 22.8. The topological polar surface area (TPSA) is 97.4 Å². The smallest absolute Gasteiger partial charge is 0.291 e. The standard InChI is InChI=1S/C28H20FN3O4/c29-23-12-4-3-11-22(23)25-17-31-28(36-25)21-10-2-1-9-20(21)26(33)30-16-18-7-5-8-19(15-18)32-27(34)24-13-6-14-35-24/h1-15,17H,16H2,(H,30,33)(H,32,34). The van der Waals surface area contributed by atoms with Gasteiger partial charge in [-0.2, -0.15) is 0 Å². The number of oxazole rings is 1. The van der Waals surface area contributed by atoms with Crippen LogP contribution in [0.5, 0.6) is 0 Å². The van der Waals surface area contributed by atoms with Gasteiger partial charge in [-0.05, 0) is 54.1 Å². The summed E-state index contributed by atoms with van der Waals surface area (Å²) in [7, 11) is 0. The van der Waals surface area contributed by atoms with Crippen LogP contribution < -0.4 is 10.6 Å². The summed E-state index contributed by atoms with van der Waals surface area (Å²) in [6, 6.07) is 23.5. The summed E-state index contributed by atoms with van der Waals surface area (Å²) in [5.74, 6) is -0.436. The van der Waals surface area contributed by atoms with E-state index in [-0.39, 0.29) is 41.3 Å². The molecule has 8 heteroatoms. The molecular weight excluding hydrogens is 461 g/mol. The lowest BCUT2D eigenvalue weighted by Crippen LogP contribution is -2.23. The van der Waals surface area contributed by atoms with E-state index < -0.39 is 5.82 Å². The number of rotatable bonds is 7. The van der Waals surface area contributed by atoms with Gasteiger partial charge in [0.05, 0.1) is 23.6 Å². The van der Waals surface area contributed by atoms with Crippen LogP contribution in [0.15, 0.2) is 106 Å². The van der Waals surface area contributed by atoms with Gasteiger partial charge in [-0.3, -0.25) is 9.59 Å². The summed E-state index contributed by atoms with van der Waals surface area (Å²) in [6.45, 7) is 0.226. The number of hydrogen-bond donors (Lipinski definition) is 2. The molecule has 2 aromatic heterocycles. The van der Waals surface area contributed by atoms with Gasteiger partial charge in [0.15, 0.2) is 11.5 Å². The molecule has 2 heterocycles. The van der Waals surface area contributed by atoms with E-state index in [9.17, 15) is 14.0 Å². The Morgan fingerprint density at radius 1 is 0.861 bits per heavy atom. The molecule has 5 aromatic rings. The van der Waals surface area contributed by atoms with Gasteiger partial charge in [-0.15, -0.1) is 0 Å². The Morgan fingerprint density at radius 2 is 1.67 bits per heavy atom. The second-order valence-corrected chi connectivity index (χ2v) is 7.87. The van der Waals surface area contributed by atoms with Crippen molar-refractivity contribution >= 4 is 17.5 Å². The van der Waals surface area contributed by atoms with Crippen molar-refractivity contribution < 1.29 is 22.8 Å². The number of furan rings is 1. The summed E-state index contributed by atoms with van der Waals surface area (Å²) < 4.78 is 25.0. The predicted molar refractivity (Wildman–Crippen MR) is 132 cm³/mol. The van der Waals surface area contributed by atoms with Crippen molar-refractivity contribution in [3.63, 3.8) is 0 Å². The van der Waals surface area contributed by atoms with Gasteiger partial charge in [0, 0.05) is 17.8 Å². The van der Waals surface area contributed by atoms with Crippen LogP contribution in [0.3, 0.4) is 0 Å². The first-order chi connectivity index (χ1) is 17.6. The second-order valence-electron chi connectivity index (χ2n) is 7.87. The highest BCUT2D eigenvalue weighted by Gasteiger charge is 2.18. The number of nitrogens with zero attached hydrogens (tertiary/aromatic N) is 1. The van der Waals surface area contributed by atoms with Crippen molar-refractivity contribution in [1.29, 1.82) is 0 Å². The monoisotopic (exact) mass is 481 g/mol. The minimum Gasteiger partial charge on any atom is -0.459 e. The molecule has 0 aliphatic heterocycles. The number of aromatic nitrogens is 1. The highest BCUT2D eigenvalue weighted by atomic mass is 19.1. The molecule has 0 aliphatic carbocycles. The lowest BCUT2D eigenvalue weighted by atomic mass is 10.1. The van der Waals surface area contributed by atoms with Crippen molar-refractivity contribution in [1.82, 2.24) is 10.3 Å². The maximum atomic E-state index is 14.1. The highest BCUT2D eigenvalue weighted by molar-refractivity contribution is 6.02. The van der Waals surface area contributed by atoms with Gasteiger partial charge in [0.1, 0.15) is 5.82 Å². The Balaban J connectivity index is 1.30. The normalized spacial score (nSPS) is 10.7. The fourth-order valence-corrected chi connectivity index (χ4v) is 3.69. The van der Waals surface area contributed by atoms with Gasteiger partial charge < -0.3 is 19.5 Å². The Hall–Kier alpha value is -4.98. The van der Waals surface area contributed by atoms with Gasteiger partial charge >= 0.3 is 0 Å². The summed E-state index contributed by atoms with van der Waals surface area (Å²) in [4.78, 5) is 29.5. The molecule has 2 N–H and O–H groups in total. The van der Waals surface area contributed by atoms with Crippen molar-refractivity contribution in [2.45, 2.75) is 6.54 Å². The van der Waals surface area contributed by atoms with Crippen LogP contribution >= 0.6 is 0 Å². The van der Waals surface area contributed by atoms with Gasteiger partial charge in [-0.25, -0.2) is 9.37 Å². The molecule has 0 atom stereocenters. The molecule has 0 radical (unpaired) electrons. The maximum absolute atomic E-state index is 14.1. The van der Waals surface area contributed by atoms with Gasteiger partial charge in [0.25, 0.3) is 11.8 Å². The summed E-state index contributed by atoms with van der Waals surface area (Å²) >= 11 is 0. The third kappa shape index (κ3) is 4.92. The first-order valence-corrected chi connectivity index (χ1v) is 11.1. The zero-order valence-corrected chi connectivity index (χ0v) is 18.9. The number of hydrogen-bond acceptors (Lipinski definition) is 5. The zero-order valence-electron chi connectivity index (χ0n) is 18.9. The highest BCUT2D eigenvalue weighted by Crippen LogP contribution is 2.29. The van der Waals surface area contributed by atoms with E-state index in [2.05, 4.69) is 15.6 Å². The molecule has 0 saturated heterocycles. The molecule has 7 nitrogen and oxygen atoms in total. The third-order valence-electron chi connectivity index (χ3n) is 5.43. The number of carbonyl (C=O) groups excluding carboxylic acids is 2. The van der Waals surface area contributed by atoms with Gasteiger partial charge in [-0.1, -0.05) is 36.4 Å². The number of anilines is 1. The Morgan fingerprint density at radius 3 is 2.47 bits per heavy atom. The van der Waals surface area contributed by atoms with Crippen LogP contribution in [-0.2, 0) is 6.54 Å². The number of amides is 2. The predicted octanol–water partition coefficient (Wildman–Crippen LogP) is 5.92. The average Bonchev–Trinajstić information content (AvgIpc) is 3.61. The Labute approximate surface area is 205 Å². The molecule has 0 saturated carbocycles. The quantitative estimate of drug-likeness (QED) is 0.301. The fourth-order valence-electron chi connectivity index (χ4n) is 3.69. The molecule has 0 aliphatic rings. The molecule has 36 heavy (non-hydrogen) atoms. The van der Waals surface area contributed by atoms with Crippen molar-refractivity contribution in [2.75, 3.05) is 5.32 Å². The van der Waals surface area contributed by atoms with E-state index in [0.717, 1.165) is 5.56 Å². The molecule has 0 unspecified atom stereocenters. The number of benzene rings is 3. The molecule has 0 spiro atoms. The Bertz CT molecular complexity index is 1530. The largest absolute Gasteiger partial charge is 0.459 e. The molecule has 2 amide bonds. The van der Waals surface area contributed by atoms with E-state index >= 15 is 0 Å².